The SMILES string of the molecule is COc1cccc(NC(=O)CSCc2ccco2)c1. The van der Waals surface area contributed by atoms with Gasteiger partial charge in [-0.2, -0.15) is 0 Å². The second-order valence-corrected chi connectivity index (χ2v) is 4.84. The normalized spacial score (nSPS) is 10.2. The molecule has 0 saturated carbocycles. The van der Waals surface area contributed by atoms with Crippen LogP contribution in [0.15, 0.2) is 47.1 Å². The first-order valence-electron chi connectivity index (χ1n) is 5.82. The van der Waals surface area contributed by atoms with Crippen LogP contribution >= 0.6 is 11.8 Å². The highest BCUT2D eigenvalue weighted by atomic mass is 32.2. The molecule has 5 heteroatoms. The molecule has 0 aliphatic carbocycles. The zero-order chi connectivity index (χ0) is 13.5. The van der Waals surface area contributed by atoms with Crippen molar-refractivity contribution in [1.82, 2.24) is 0 Å². The van der Waals surface area contributed by atoms with E-state index in [-0.39, 0.29) is 5.91 Å². The van der Waals surface area contributed by atoms with Crippen LogP contribution in [-0.2, 0) is 10.5 Å². The molecular weight excluding hydrogens is 262 g/mol. The molecule has 4 nitrogen and oxygen atoms in total. The lowest BCUT2D eigenvalue weighted by molar-refractivity contribution is -0.113. The van der Waals surface area contributed by atoms with E-state index in [4.69, 9.17) is 9.15 Å². The molecule has 1 aromatic carbocycles. The average Bonchev–Trinajstić information content (AvgIpc) is 2.92. The van der Waals surface area contributed by atoms with Gasteiger partial charge in [0.15, 0.2) is 0 Å². The van der Waals surface area contributed by atoms with Crippen molar-refractivity contribution in [2.24, 2.45) is 0 Å². The summed E-state index contributed by atoms with van der Waals surface area (Å²) in [6.07, 6.45) is 1.63. The molecule has 0 fully saturated rings. The Morgan fingerprint density at radius 2 is 2.26 bits per heavy atom. The number of carbonyl (C=O) groups is 1. The summed E-state index contributed by atoms with van der Waals surface area (Å²) in [6.45, 7) is 0. The first-order valence-corrected chi connectivity index (χ1v) is 6.97. The first-order chi connectivity index (χ1) is 9.28. The predicted octanol–water partition coefficient (Wildman–Crippen LogP) is 3.16. The highest BCUT2D eigenvalue weighted by Crippen LogP contribution is 2.17. The van der Waals surface area contributed by atoms with Gasteiger partial charge in [0.25, 0.3) is 0 Å². The van der Waals surface area contributed by atoms with Gasteiger partial charge in [0.05, 0.1) is 24.9 Å². The molecule has 0 aliphatic rings. The summed E-state index contributed by atoms with van der Waals surface area (Å²) in [7, 11) is 1.60. The highest BCUT2D eigenvalue weighted by molar-refractivity contribution is 7.99. The summed E-state index contributed by atoms with van der Waals surface area (Å²) < 4.78 is 10.3. The minimum atomic E-state index is -0.0372. The van der Waals surface area contributed by atoms with E-state index in [1.807, 2.05) is 30.3 Å². The van der Waals surface area contributed by atoms with Gasteiger partial charge >= 0.3 is 0 Å². The van der Waals surface area contributed by atoms with Gasteiger partial charge in [-0.15, -0.1) is 11.8 Å². The molecule has 2 aromatic rings. The zero-order valence-electron chi connectivity index (χ0n) is 10.6. The van der Waals surface area contributed by atoms with E-state index in [2.05, 4.69) is 5.32 Å². The monoisotopic (exact) mass is 277 g/mol. The molecule has 0 saturated heterocycles. The van der Waals surface area contributed by atoms with Gasteiger partial charge in [-0.05, 0) is 24.3 Å². The number of carbonyl (C=O) groups excluding carboxylic acids is 1. The lowest BCUT2D eigenvalue weighted by atomic mass is 10.3. The van der Waals surface area contributed by atoms with E-state index in [9.17, 15) is 4.79 Å². The molecule has 0 aliphatic heterocycles. The first kappa shape index (κ1) is 13.5. The predicted molar refractivity (Wildman–Crippen MR) is 76.5 cm³/mol. The van der Waals surface area contributed by atoms with Crippen LogP contribution in [0.2, 0.25) is 0 Å². The Morgan fingerprint density at radius 1 is 1.37 bits per heavy atom. The third-order valence-corrected chi connectivity index (χ3v) is 3.37. The van der Waals surface area contributed by atoms with Crippen LogP contribution in [0.5, 0.6) is 5.75 Å². The van der Waals surface area contributed by atoms with Crippen molar-refractivity contribution in [2.45, 2.75) is 5.75 Å². The number of methoxy groups -OCH3 is 1. The molecule has 0 bridgehead atoms. The molecule has 100 valence electrons. The molecule has 2 rings (SSSR count). The van der Waals surface area contributed by atoms with Crippen LogP contribution in [0.25, 0.3) is 0 Å². The number of furan rings is 1. The lowest BCUT2D eigenvalue weighted by Gasteiger charge is -2.06. The number of thioether (sulfide) groups is 1. The Kier molecular flexibility index (Phi) is 4.92. The Labute approximate surface area is 116 Å². The number of hydrogen-bond donors (Lipinski definition) is 1. The standard InChI is InChI=1S/C14H15NO3S/c1-17-12-5-2-4-11(8-12)15-14(16)10-19-9-13-6-3-7-18-13/h2-8H,9-10H2,1H3,(H,15,16). The van der Waals surface area contributed by atoms with E-state index >= 15 is 0 Å². The van der Waals surface area contributed by atoms with Crippen molar-refractivity contribution < 1.29 is 13.9 Å². The number of ether oxygens (including phenoxy) is 1. The third-order valence-electron chi connectivity index (χ3n) is 2.41. The quantitative estimate of drug-likeness (QED) is 0.881. The van der Waals surface area contributed by atoms with Gasteiger partial charge in [-0.3, -0.25) is 4.79 Å². The molecule has 1 amide bonds. The van der Waals surface area contributed by atoms with E-state index in [1.165, 1.54) is 11.8 Å². The Morgan fingerprint density at radius 3 is 3.00 bits per heavy atom. The minimum Gasteiger partial charge on any atom is -0.497 e. The summed E-state index contributed by atoms with van der Waals surface area (Å²) >= 11 is 1.51. The maximum absolute atomic E-state index is 11.7. The van der Waals surface area contributed by atoms with Crippen molar-refractivity contribution >= 4 is 23.4 Å². The van der Waals surface area contributed by atoms with Gasteiger partial charge < -0.3 is 14.5 Å². The Balaban J connectivity index is 1.77. The summed E-state index contributed by atoms with van der Waals surface area (Å²) in [5.41, 5.74) is 0.739. The molecule has 0 spiro atoms. The molecule has 1 heterocycles. The van der Waals surface area contributed by atoms with Crippen molar-refractivity contribution in [2.75, 3.05) is 18.2 Å². The topological polar surface area (TPSA) is 51.5 Å². The fourth-order valence-corrected chi connectivity index (χ4v) is 2.26. The van der Waals surface area contributed by atoms with Crippen molar-refractivity contribution in [3.8, 4) is 5.75 Å². The summed E-state index contributed by atoms with van der Waals surface area (Å²) in [6, 6.07) is 11.0. The van der Waals surface area contributed by atoms with Crippen LogP contribution in [0.4, 0.5) is 5.69 Å². The second-order valence-electron chi connectivity index (χ2n) is 3.85. The molecule has 0 atom stereocenters. The fraction of sp³-hybridized carbons (Fsp3) is 0.214. The molecule has 19 heavy (non-hydrogen) atoms. The maximum atomic E-state index is 11.7. The lowest BCUT2D eigenvalue weighted by Crippen LogP contribution is -2.14. The van der Waals surface area contributed by atoms with Gasteiger partial charge in [0.2, 0.25) is 5.91 Å². The molecule has 0 radical (unpaired) electrons. The summed E-state index contributed by atoms with van der Waals surface area (Å²) in [4.78, 5) is 11.7. The van der Waals surface area contributed by atoms with Crippen molar-refractivity contribution in [3.63, 3.8) is 0 Å². The number of anilines is 1. The van der Waals surface area contributed by atoms with Crippen LogP contribution in [0.1, 0.15) is 5.76 Å². The number of benzene rings is 1. The fourth-order valence-electron chi connectivity index (χ4n) is 1.54. The van der Waals surface area contributed by atoms with Crippen molar-refractivity contribution in [3.05, 3.63) is 48.4 Å². The minimum absolute atomic E-state index is 0.0372. The zero-order valence-corrected chi connectivity index (χ0v) is 11.4. The molecule has 1 N–H and O–H groups in total. The molecule has 0 unspecified atom stereocenters. The van der Waals surface area contributed by atoms with Crippen LogP contribution in [0.3, 0.4) is 0 Å². The van der Waals surface area contributed by atoms with Crippen LogP contribution < -0.4 is 10.1 Å². The third kappa shape index (κ3) is 4.37. The molecule has 1 aromatic heterocycles. The smallest absolute Gasteiger partial charge is 0.234 e. The molecular formula is C14H15NO3S. The largest absolute Gasteiger partial charge is 0.497 e. The maximum Gasteiger partial charge on any atom is 0.234 e. The van der Waals surface area contributed by atoms with Gasteiger partial charge in [0, 0.05) is 11.8 Å². The number of nitrogens with one attached hydrogen (secondary N) is 1. The van der Waals surface area contributed by atoms with Gasteiger partial charge in [-0.25, -0.2) is 0 Å². The van der Waals surface area contributed by atoms with E-state index in [0.717, 1.165) is 17.2 Å². The van der Waals surface area contributed by atoms with E-state index in [0.29, 0.717) is 11.5 Å². The van der Waals surface area contributed by atoms with E-state index < -0.39 is 0 Å². The number of hydrogen-bond acceptors (Lipinski definition) is 4. The van der Waals surface area contributed by atoms with Gasteiger partial charge in [0.1, 0.15) is 11.5 Å². The Hall–Kier alpha value is -1.88. The van der Waals surface area contributed by atoms with Crippen LogP contribution in [-0.4, -0.2) is 18.8 Å². The van der Waals surface area contributed by atoms with Gasteiger partial charge in [-0.1, -0.05) is 6.07 Å². The number of amides is 1. The van der Waals surface area contributed by atoms with Crippen molar-refractivity contribution in [1.29, 1.82) is 0 Å². The highest BCUT2D eigenvalue weighted by Gasteiger charge is 2.04. The van der Waals surface area contributed by atoms with E-state index in [1.54, 1.807) is 19.4 Å². The second kappa shape index (κ2) is 6.89. The number of rotatable bonds is 6. The summed E-state index contributed by atoms with van der Waals surface area (Å²) in [5, 5.41) is 2.83. The average molecular weight is 277 g/mol. The Bertz CT molecular complexity index is 525. The summed E-state index contributed by atoms with van der Waals surface area (Å²) in [5.74, 6) is 2.64. The van der Waals surface area contributed by atoms with Crippen LogP contribution in [0, 0.1) is 0 Å².